The number of ether oxygens (including phenoxy) is 9. The van der Waals surface area contributed by atoms with E-state index in [0.29, 0.717) is 18.9 Å². The highest BCUT2D eigenvalue weighted by Gasteiger charge is 2.56. The molecule has 0 aromatic carbocycles. The summed E-state index contributed by atoms with van der Waals surface area (Å²) < 4.78 is 52.4. The lowest BCUT2D eigenvalue weighted by molar-refractivity contribution is -0.305. The molecule has 5 amide bonds. The third-order valence-electron chi connectivity index (χ3n) is 11.7. The van der Waals surface area contributed by atoms with Crippen molar-refractivity contribution in [2.24, 2.45) is 5.92 Å². The second kappa shape index (κ2) is 24.2. The van der Waals surface area contributed by atoms with Crippen LogP contribution >= 0.6 is 0 Å². The van der Waals surface area contributed by atoms with E-state index in [1.54, 1.807) is 82.2 Å². The Kier molecular flexibility index (Phi) is 20.2. The van der Waals surface area contributed by atoms with E-state index in [2.05, 4.69) is 33.2 Å². The number of hydrogen-bond acceptors (Lipinski definition) is 19. The average Bonchev–Trinajstić information content (AvgIpc) is 3.55. The van der Waals surface area contributed by atoms with Crippen LogP contribution in [0.4, 0.5) is 19.2 Å². The van der Waals surface area contributed by atoms with E-state index < -0.39 is 132 Å². The second-order valence-corrected chi connectivity index (χ2v) is 22.5. The number of aliphatic hydroxyl groups excluding tert-OH is 3. The molecule has 0 spiro atoms. The van der Waals surface area contributed by atoms with E-state index in [1.807, 2.05) is 0 Å². The Balaban J connectivity index is 1.77. The van der Waals surface area contributed by atoms with Gasteiger partial charge in [0.25, 0.3) is 0 Å². The maximum atomic E-state index is 13.9. The van der Waals surface area contributed by atoms with Gasteiger partial charge in [-0.25, -0.2) is 19.2 Å². The molecule has 24 heteroatoms. The molecule has 0 radical (unpaired) electrons. The molecule has 9 N–H and O–H groups in total. The zero-order valence-corrected chi connectivity index (χ0v) is 44.3. The van der Waals surface area contributed by atoms with Crippen LogP contribution in [0.15, 0.2) is 24.2 Å². The number of nitrogens with zero attached hydrogens (tertiary/aromatic N) is 1. The molecule has 412 valence electrons. The van der Waals surface area contributed by atoms with Crippen molar-refractivity contribution in [3.63, 3.8) is 0 Å². The van der Waals surface area contributed by atoms with Gasteiger partial charge in [-0.05, 0) is 115 Å². The highest BCUT2D eigenvalue weighted by Crippen LogP contribution is 2.39. The van der Waals surface area contributed by atoms with Crippen molar-refractivity contribution in [3.05, 3.63) is 24.2 Å². The van der Waals surface area contributed by atoms with E-state index in [-0.39, 0.29) is 44.2 Å². The minimum atomic E-state index is -1.87. The summed E-state index contributed by atoms with van der Waals surface area (Å²) in [6.45, 7) is 25.2. The fraction of sp³-hybridized carbons (Fsp3) is 0.812. The highest BCUT2D eigenvalue weighted by atomic mass is 16.7. The van der Waals surface area contributed by atoms with Gasteiger partial charge in [-0.3, -0.25) is 4.79 Å². The number of aliphatic hydroxyl groups is 4. The van der Waals surface area contributed by atoms with Crippen molar-refractivity contribution in [1.82, 2.24) is 31.5 Å². The largest absolute Gasteiger partial charge is 0.491 e. The molecular formula is C48H82N6O18. The first-order valence-corrected chi connectivity index (χ1v) is 24.3. The first-order valence-electron chi connectivity index (χ1n) is 24.3. The third-order valence-corrected chi connectivity index (χ3v) is 11.7. The summed E-state index contributed by atoms with van der Waals surface area (Å²) in [6.07, 6.45) is -12.3. The number of carbonyl (C=O) groups is 5. The predicted octanol–water partition coefficient (Wildman–Crippen LogP) is 2.15. The number of amides is 5. The van der Waals surface area contributed by atoms with Crippen LogP contribution in [-0.4, -0.2) is 191 Å². The van der Waals surface area contributed by atoms with Crippen LogP contribution in [0.1, 0.15) is 109 Å². The lowest BCUT2D eigenvalue weighted by Crippen LogP contribution is -2.71. The predicted molar refractivity (Wildman–Crippen MR) is 257 cm³/mol. The van der Waals surface area contributed by atoms with Gasteiger partial charge in [-0.1, -0.05) is 6.58 Å². The Hall–Kier alpha value is -4.53. The molecule has 72 heavy (non-hydrogen) atoms. The Bertz CT molecular complexity index is 1930. The SMILES string of the molecule is C=C(C)OC(=O)N[C@@H]1CC=C(CNC[C@H]2COC(C)(C)O2)OC1[C@H]1[C@H](O)[C@@H](O[C@H]2OC[C@](C)(O)[C@H](N(C)C(=O)OC(C)(C)C)[C@H]2O)[C@H](NC(=O)[C@@H](O)CCNC(=O)OC(C)(C)C)C[C@@H]1NC(=O)OC(C)(C)C. The number of alkyl carbamates (subject to hydrolysis) is 3. The smallest absolute Gasteiger partial charge is 0.412 e. The van der Waals surface area contributed by atoms with E-state index >= 15 is 0 Å². The number of nitrogens with one attached hydrogen (secondary N) is 5. The summed E-state index contributed by atoms with van der Waals surface area (Å²) in [5.41, 5.74) is -4.63. The van der Waals surface area contributed by atoms with Crippen LogP contribution < -0.4 is 26.6 Å². The molecule has 3 fully saturated rings. The van der Waals surface area contributed by atoms with Gasteiger partial charge in [0.2, 0.25) is 5.91 Å². The Morgan fingerprint density at radius 2 is 1.49 bits per heavy atom. The van der Waals surface area contributed by atoms with Crippen LogP contribution in [0.25, 0.3) is 0 Å². The normalized spacial score (nSPS) is 31.1. The van der Waals surface area contributed by atoms with Gasteiger partial charge in [0.15, 0.2) is 12.1 Å². The molecule has 0 aromatic rings. The van der Waals surface area contributed by atoms with Crippen molar-refractivity contribution >= 4 is 30.3 Å². The van der Waals surface area contributed by atoms with E-state index in [9.17, 15) is 44.4 Å². The first-order chi connectivity index (χ1) is 33.0. The lowest BCUT2D eigenvalue weighted by atomic mass is 9.72. The van der Waals surface area contributed by atoms with E-state index in [0.717, 1.165) is 4.90 Å². The molecule has 2 saturated heterocycles. The summed E-state index contributed by atoms with van der Waals surface area (Å²) in [4.78, 5) is 67.6. The standard InChI is InChI=1S/C48H82N6O18/c1-25(2)66-41(60)52-28-17-16-26(21-49-22-27-23-65-47(12,13)69-27)67-35(28)32-29(53-42(61)71-45(6,7)8)20-30(51-38(58)31(55)18-19-50-40(59)70-44(3,4)5)36(33(32)56)68-39-34(57)37(48(14,63)24-64-39)54(15)43(62)72-46(9,10)11/h16,27-37,39,49,55-57,63H,1,17-24H2,2-15H3,(H,50,59)(H,51,58)(H,52,60)(H,53,61)/t27-,28+,29-,30+,31-,32+,33-,34+,35?,36-,37+,39+,48-/m0/s1. The number of hydrogen-bond donors (Lipinski definition) is 9. The third kappa shape index (κ3) is 18.1. The summed E-state index contributed by atoms with van der Waals surface area (Å²) in [6, 6.07) is -4.87. The minimum absolute atomic E-state index is 0.0835. The van der Waals surface area contributed by atoms with Crippen LogP contribution in [-0.2, 0) is 47.4 Å². The van der Waals surface area contributed by atoms with E-state index in [1.165, 1.54) is 20.9 Å². The Morgan fingerprint density at radius 3 is 2.07 bits per heavy atom. The molecule has 13 atom stereocenters. The number of rotatable bonds is 16. The quantitative estimate of drug-likeness (QED) is 0.0790. The van der Waals surface area contributed by atoms with Crippen LogP contribution in [0.5, 0.6) is 0 Å². The molecule has 0 bridgehead atoms. The summed E-state index contributed by atoms with van der Waals surface area (Å²) in [7, 11) is 1.32. The fourth-order valence-corrected chi connectivity index (χ4v) is 8.83. The molecule has 1 unspecified atom stereocenters. The van der Waals surface area contributed by atoms with Crippen molar-refractivity contribution in [1.29, 1.82) is 0 Å². The highest BCUT2D eigenvalue weighted by molar-refractivity contribution is 5.81. The zero-order chi connectivity index (χ0) is 54.3. The van der Waals surface area contributed by atoms with Gasteiger partial charge in [0.05, 0.1) is 55.9 Å². The van der Waals surface area contributed by atoms with Crippen LogP contribution in [0.2, 0.25) is 0 Å². The molecule has 1 aliphatic carbocycles. The van der Waals surface area contributed by atoms with Crippen molar-refractivity contribution in [2.45, 2.75) is 205 Å². The van der Waals surface area contributed by atoms with Gasteiger partial charge in [0.1, 0.15) is 52.6 Å². The molecule has 4 rings (SSSR count). The first kappa shape index (κ1) is 60.0. The van der Waals surface area contributed by atoms with Gasteiger partial charge < -0.3 is 94.5 Å². The topological polar surface area (TPSA) is 313 Å². The second-order valence-electron chi connectivity index (χ2n) is 22.5. The number of likely N-dealkylation sites (N-methyl/N-ethyl adjacent to an activating group) is 1. The molecule has 4 aliphatic rings. The molecule has 24 nitrogen and oxygen atoms in total. The summed E-state index contributed by atoms with van der Waals surface area (Å²) in [5.74, 6) is -2.51. The number of allylic oxidation sites excluding steroid dienone is 1. The van der Waals surface area contributed by atoms with E-state index in [4.69, 9.17) is 42.6 Å². The lowest BCUT2D eigenvalue weighted by Gasteiger charge is -2.52. The van der Waals surface area contributed by atoms with Gasteiger partial charge in [-0.2, -0.15) is 0 Å². The minimum Gasteiger partial charge on any atom is -0.491 e. The van der Waals surface area contributed by atoms with Crippen molar-refractivity contribution in [3.8, 4) is 0 Å². The maximum absolute atomic E-state index is 13.9. The van der Waals surface area contributed by atoms with Crippen molar-refractivity contribution in [2.75, 3.05) is 39.9 Å². The van der Waals surface area contributed by atoms with Gasteiger partial charge in [-0.15, -0.1) is 0 Å². The Morgan fingerprint density at radius 1 is 0.875 bits per heavy atom. The van der Waals surface area contributed by atoms with Gasteiger partial charge in [0, 0.05) is 32.1 Å². The molecule has 1 saturated carbocycles. The van der Waals surface area contributed by atoms with Gasteiger partial charge >= 0.3 is 24.4 Å². The van der Waals surface area contributed by atoms with Crippen LogP contribution in [0, 0.1) is 5.92 Å². The maximum Gasteiger partial charge on any atom is 0.412 e. The average molecular weight is 1030 g/mol. The van der Waals surface area contributed by atoms with Crippen LogP contribution in [0.3, 0.4) is 0 Å². The zero-order valence-electron chi connectivity index (χ0n) is 44.3. The fourth-order valence-electron chi connectivity index (χ4n) is 8.83. The monoisotopic (exact) mass is 1030 g/mol. The molecular weight excluding hydrogens is 949 g/mol. The molecule has 3 aliphatic heterocycles. The van der Waals surface area contributed by atoms with Crippen molar-refractivity contribution < 1.29 is 87.0 Å². The number of carbonyl (C=O) groups excluding carboxylic acids is 5. The molecule has 3 heterocycles. The summed E-state index contributed by atoms with van der Waals surface area (Å²) >= 11 is 0. The Labute approximate surface area is 422 Å². The summed E-state index contributed by atoms with van der Waals surface area (Å²) in [5, 5.41) is 61.7. The molecule has 0 aromatic heterocycles.